The number of nitrogens with zero attached hydrogens (tertiary/aromatic N) is 2. The summed E-state index contributed by atoms with van der Waals surface area (Å²) in [5, 5.41) is 0. The second kappa shape index (κ2) is 7.58. The third-order valence-corrected chi connectivity index (χ3v) is 4.91. The summed E-state index contributed by atoms with van der Waals surface area (Å²) in [6.45, 7) is 9.44. The number of nitrogens with two attached hydrogens (primary N) is 1. The molecule has 2 rings (SSSR count). The van der Waals surface area contributed by atoms with Gasteiger partial charge >= 0.3 is 0 Å². The van der Waals surface area contributed by atoms with Crippen molar-refractivity contribution in [2.24, 2.45) is 5.73 Å². The van der Waals surface area contributed by atoms with Crippen LogP contribution in [0.25, 0.3) is 0 Å². The zero-order valence-corrected chi connectivity index (χ0v) is 14.8. The average molecular weight is 356 g/mol. The van der Waals surface area contributed by atoms with Crippen molar-refractivity contribution >= 4 is 15.9 Å². The average Bonchev–Trinajstić information content (AvgIpc) is 2.48. The van der Waals surface area contributed by atoms with E-state index in [9.17, 15) is 0 Å². The Morgan fingerprint density at radius 2 is 2.19 bits per heavy atom. The van der Waals surface area contributed by atoms with E-state index in [4.69, 9.17) is 10.5 Å². The summed E-state index contributed by atoms with van der Waals surface area (Å²) in [7, 11) is 1.72. The Morgan fingerprint density at radius 3 is 2.76 bits per heavy atom. The molecular formula is C16H26BrN3O. The van der Waals surface area contributed by atoms with Gasteiger partial charge in [-0.1, -0.05) is 22.9 Å². The molecule has 4 nitrogen and oxygen atoms in total. The summed E-state index contributed by atoms with van der Waals surface area (Å²) >= 11 is 3.56. The summed E-state index contributed by atoms with van der Waals surface area (Å²) in [5.41, 5.74) is 7.27. The first-order valence-electron chi connectivity index (χ1n) is 7.62. The molecule has 0 aromatic heterocycles. The molecule has 0 aliphatic carbocycles. The molecule has 1 aromatic rings. The Kier molecular flexibility index (Phi) is 6.05. The van der Waals surface area contributed by atoms with Crippen LogP contribution in [0.2, 0.25) is 0 Å². The lowest BCUT2D eigenvalue weighted by molar-refractivity contribution is 0.0599. The van der Waals surface area contributed by atoms with Crippen molar-refractivity contribution in [1.82, 2.24) is 9.80 Å². The van der Waals surface area contributed by atoms with Gasteiger partial charge in [0.1, 0.15) is 5.75 Å². The van der Waals surface area contributed by atoms with Gasteiger partial charge < -0.3 is 10.5 Å². The topological polar surface area (TPSA) is 41.7 Å². The van der Waals surface area contributed by atoms with Crippen molar-refractivity contribution in [1.29, 1.82) is 0 Å². The van der Waals surface area contributed by atoms with Crippen LogP contribution < -0.4 is 10.5 Å². The maximum absolute atomic E-state index is 6.10. The van der Waals surface area contributed by atoms with Crippen LogP contribution in [0.15, 0.2) is 22.7 Å². The number of hydrogen-bond acceptors (Lipinski definition) is 4. The molecule has 1 fully saturated rings. The Hall–Kier alpha value is -0.620. The molecule has 2 N–H and O–H groups in total. The summed E-state index contributed by atoms with van der Waals surface area (Å²) in [4.78, 5) is 5.00. The first kappa shape index (κ1) is 16.7. The van der Waals surface area contributed by atoms with Gasteiger partial charge in [-0.3, -0.25) is 9.80 Å². The van der Waals surface area contributed by atoms with Crippen molar-refractivity contribution in [2.45, 2.75) is 25.9 Å². The lowest BCUT2D eigenvalue weighted by Gasteiger charge is -2.43. The molecule has 21 heavy (non-hydrogen) atoms. The first-order chi connectivity index (χ1) is 10.1. The van der Waals surface area contributed by atoms with Gasteiger partial charge in [-0.05, 0) is 31.7 Å². The number of piperazine rings is 1. The lowest BCUT2D eigenvalue weighted by Crippen LogP contribution is -2.53. The minimum Gasteiger partial charge on any atom is -0.496 e. The normalized spacial score (nSPS) is 22.2. The van der Waals surface area contributed by atoms with Crippen molar-refractivity contribution in [3.63, 3.8) is 0 Å². The fourth-order valence-electron chi connectivity index (χ4n) is 3.21. The first-order valence-corrected chi connectivity index (χ1v) is 8.41. The minimum atomic E-state index is 0.207. The van der Waals surface area contributed by atoms with Gasteiger partial charge in [0.05, 0.1) is 13.2 Å². The molecule has 0 saturated carbocycles. The number of halogens is 1. The number of ether oxygens (including phenoxy) is 1. The number of hydrogen-bond donors (Lipinski definition) is 1. The van der Waals surface area contributed by atoms with Gasteiger partial charge in [-0.25, -0.2) is 0 Å². The Balaban J connectivity index is 2.22. The Labute approximate surface area is 136 Å². The lowest BCUT2D eigenvalue weighted by atomic mass is 10.0. The van der Waals surface area contributed by atoms with E-state index >= 15 is 0 Å². The van der Waals surface area contributed by atoms with E-state index in [1.165, 1.54) is 5.56 Å². The van der Waals surface area contributed by atoms with E-state index in [1.54, 1.807) is 7.11 Å². The maximum atomic E-state index is 6.10. The number of methoxy groups -OCH3 is 1. The summed E-state index contributed by atoms with van der Waals surface area (Å²) in [5.74, 6) is 0.916. The van der Waals surface area contributed by atoms with Crippen LogP contribution in [-0.2, 0) is 0 Å². The Morgan fingerprint density at radius 1 is 1.43 bits per heavy atom. The van der Waals surface area contributed by atoms with E-state index in [1.807, 2.05) is 12.1 Å². The van der Waals surface area contributed by atoms with Gasteiger partial charge in [0.15, 0.2) is 0 Å². The van der Waals surface area contributed by atoms with Gasteiger partial charge in [0, 0.05) is 42.3 Å². The zero-order chi connectivity index (χ0) is 15.4. The molecule has 0 amide bonds. The van der Waals surface area contributed by atoms with E-state index in [0.29, 0.717) is 12.6 Å². The van der Waals surface area contributed by atoms with Crippen molar-refractivity contribution in [3.8, 4) is 5.75 Å². The van der Waals surface area contributed by atoms with Crippen LogP contribution in [0.1, 0.15) is 25.5 Å². The highest BCUT2D eigenvalue weighted by atomic mass is 79.9. The molecule has 1 aliphatic rings. The molecule has 1 aliphatic heterocycles. The van der Waals surface area contributed by atoms with Crippen LogP contribution in [0.5, 0.6) is 5.75 Å². The third-order valence-electron chi connectivity index (χ3n) is 4.42. The maximum Gasteiger partial charge on any atom is 0.123 e. The van der Waals surface area contributed by atoms with E-state index in [-0.39, 0.29) is 6.04 Å². The SMILES string of the molecule is CCN1CCN(C(CN)c2cc(Br)ccc2OC)CC1C. The smallest absolute Gasteiger partial charge is 0.123 e. The number of likely N-dealkylation sites (N-methyl/N-ethyl adjacent to an activating group) is 1. The van der Waals surface area contributed by atoms with Crippen molar-refractivity contribution in [3.05, 3.63) is 28.2 Å². The monoisotopic (exact) mass is 355 g/mol. The van der Waals surface area contributed by atoms with Crippen LogP contribution in [0, 0.1) is 0 Å². The summed E-state index contributed by atoms with van der Waals surface area (Å²) in [6.07, 6.45) is 0. The molecule has 2 unspecified atom stereocenters. The van der Waals surface area contributed by atoms with Crippen LogP contribution >= 0.6 is 15.9 Å². The summed E-state index contributed by atoms with van der Waals surface area (Å²) in [6, 6.07) is 6.92. The quantitative estimate of drug-likeness (QED) is 0.880. The molecule has 0 radical (unpaired) electrons. The van der Waals surface area contributed by atoms with E-state index in [2.05, 4.69) is 45.6 Å². The van der Waals surface area contributed by atoms with Gasteiger partial charge in [0.2, 0.25) is 0 Å². The highest BCUT2D eigenvalue weighted by Crippen LogP contribution is 2.32. The Bertz CT molecular complexity index is 469. The molecular weight excluding hydrogens is 330 g/mol. The minimum absolute atomic E-state index is 0.207. The zero-order valence-electron chi connectivity index (χ0n) is 13.2. The second-order valence-corrected chi connectivity index (χ2v) is 6.53. The largest absolute Gasteiger partial charge is 0.496 e. The van der Waals surface area contributed by atoms with Crippen LogP contribution in [-0.4, -0.2) is 55.7 Å². The molecule has 2 atom stereocenters. The highest BCUT2D eigenvalue weighted by molar-refractivity contribution is 9.10. The standard InChI is InChI=1S/C16H26BrN3O/c1-4-19-7-8-20(11-12(19)2)15(10-18)14-9-13(17)5-6-16(14)21-3/h5-6,9,12,15H,4,7-8,10-11,18H2,1-3H3. The number of rotatable bonds is 5. The highest BCUT2D eigenvalue weighted by Gasteiger charge is 2.29. The van der Waals surface area contributed by atoms with E-state index < -0.39 is 0 Å². The number of benzene rings is 1. The molecule has 1 heterocycles. The van der Waals surface area contributed by atoms with Crippen molar-refractivity contribution < 1.29 is 4.74 Å². The predicted molar refractivity (Wildman–Crippen MR) is 90.8 cm³/mol. The van der Waals surface area contributed by atoms with Gasteiger partial charge in [-0.15, -0.1) is 0 Å². The van der Waals surface area contributed by atoms with Gasteiger partial charge in [0.25, 0.3) is 0 Å². The molecule has 0 bridgehead atoms. The molecule has 1 saturated heterocycles. The molecule has 1 aromatic carbocycles. The summed E-state index contributed by atoms with van der Waals surface area (Å²) < 4.78 is 6.60. The fourth-order valence-corrected chi connectivity index (χ4v) is 3.59. The second-order valence-electron chi connectivity index (χ2n) is 5.61. The molecule has 5 heteroatoms. The molecule has 118 valence electrons. The van der Waals surface area contributed by atoms with Crippen LogP contribution in [0.3, 0.4) is 0 Å². The third kappa shape index (κ3) is 3.77. The van der Waals surface area contributed by atoms with Crippen molar-refractivity contribution in [2.75, 3.05) is 39.8 Å². The molecule has 0 spiro atoms. The fraction of sp³-hybridized carbons (Fsp3) is 0.625. The van der Waals surface area contributed by atoms with Gasteiger partial charge in [-0.2, -0.15) is 0 Å². The van der Waals surface area contributed by atoms with E-state index in [0.717, 1.165) is 36.4 Å². The predicted octanol–water partition coefficient (Wildman–Crippen LogP) is 2.48. The van der Waals surface area contributed by atoms with Crippen LogP contribution in [0.4, 0.5) is 0 Å².